The van der Waals surface area contributed by atoms with Crippen LogP contribution in [0.2, 0.25) is 0 Å². The standard InChI is InChI=1S/C8H15F3O/c1-2-3-4-5-7(6-12)8(9,10)11/h7,12H,2-6H2,1H3. The third-order valence-corrected chi connectivity index (χ3v) is 1.84. The number of alkyl halides is 3. The average molecular weight is 184 g/mol. The quantitative estimate of drug-likeness (QED) is 0.651. The second-order valence-electron chi connectivity index (χ2n) is 2.92. The molecule has 0 aliphatic heterocycles. The molecule has 0 fully saturated rings. The van der Waals surface area contributed by atoms with E-state index >= 15 is 0 Å². The minimum atomic E-state index is -4.23. The van der Waals surface area contributed by atoms with Crippen LogP contribution in [0, 0.1) is 5.92 Å². The second-order valence-corrected chi connectivity index (χ2v) is 2.92. The number of hydrogen-bond donors (Lipinski definition) is 1. The zero-order valence-electron chi connectivity index (χ0n) is 7.19. The Morgan fingerprint density at radius 2 is 1.83 bits per heavy atom. The van der Waals surface area contributed by atoms with Gasteiger partial charge in [0.2, 0.25) is 0 Å². The molecule has 0 aromatic heterocycles. The van der Waals surface area contributed by atoms with E-state index in [2.05, 4.69) is 0 Å². The van der Waals surface area contributed by atoms with Crippen molar-refractivity contribution in [3.63, 3.8) is 0 Å². The van der Waals surface area contributed by atoms with Crippen LogP contribution >= 0.6 is 0 Å². The van der Waals surface area contributed by atoms with Crippen molar-refractivity contribution in [3.05, 3.63) is 0 Å². The van der Waals surface area contributed by atoms with Gasteiger partial charge in [-0.1, -0.05) is 26.2 Å². The summed E-state index contributed by atoms with van der Waals surface area (Å²) in [5.74, 6) is -1.52. The van der Waals surface area contributed by atoms with Crippen molar-refractivity contribution >= 4 is 0 Å². The summed E-state index contributed by atoms with van der Waals surface area (Å²) in [4.78, 5) is 0. The van der Waals surface area contributed by atoms with Crippen molar-refractivity contribution in [2.75, 3.05) is 6.61 Å². The summed E-state index contributed by atoms with van der Waals surface area (Å²) < 4.78 is 36.0. The van der Waals surface area contributed by atoms with Gasteiger partial charge in [0, 0.05) is 0 Å². The number of aliphatic hydroxyl groups is 1. The molecule has 0 aliphatic rings. The predicted molar refractivity (Wildman–Crippen MR) is 40.8 cm³/mol. The Kier molecular flexibility index (Phi) is 5.29. The molecule has 0 aliphatic carbocycles. The second kappa shape index (κ2) is 5.41. The van der Waals surface area contributed by atoms with Crippen molar-refractivity contribution in [2.45, 2.75) is 38.8 Å². The van der Waals surface area contributed by atoms with Crippen molar-refractivity contribution < 1.29 is 18.3 Å². The van der Waals surface area contributed by atoms with Crippen molar-refractivity contribution in [1.29, 1.82) is 0 Å². The summed E-state index contributed by atoms with van der Waals surface area (Å²) in [5, 5.41) is 8.44. The van der Waals surface area contributed by atoms with Gasteiger partial charge < -0.3 is 5.11 Å². The van der Waals surface area contributed by atoms with E-state index in [4.69, 9.17) is 5.11 Å². The minimum Gasteiger partial charge on any atom is -0.396 e. The fourth-order valence-electron chi connectivity index (χ4n) is 0.999. The van der Waals surface area contributed by atoms with Crippen LogP contribution in [0.1, 0.15) is 32.6 Å². The van der Waals surface area contributed by atoms with E-state index < -0.39 is 18.7 Å². The van der Waals surface area contributed by atoms with Gasteiger partial charge in [-0.25, -0.2) is 0 Å². The van der Waals surface area contributed by atoms with Gasteiger partial charge in [0.15, 0.2) is 0 Å². The fraction of sp³-hybridized carbons (Fsp3) is 1.00. The molecule has 0 bridgehead atoms. The third kappa shape index (κ3) is 4.59. The molecular formula is C8H15F3O. The van der Waals surface area contributed by atoms with E-state index in [1.165, 1.54) is 0 Å². The van der Waals surface area contributed by atoms with Crippen LogP contribution in [0.25, 0.3) is 0 Å². The van der Waals surface area contributed by atoms with E-state index in [1.807, 2.05) is 6.92 Å². The third-order valence-electron chi connectivity index (χ3n) is 1.84. The molecule has 0 aromatic rings. The Morgan fingerprint density at radius 1 is 1.25 bits per heavy atom. The molecule has 0 saturated heterocycles. The van der Waals surface area contributed by atoms with E-state index in [9.17, 15) is 13.2 Å². The first-order valence-corrected chi connectivity index (χ1v) is 4.20. The van der Waals surface area contributed by atoms with E-state index in [0.717, 1.165) is 12.8 Å². The monoisotopic (exact) mass is 184 g/mol. The minimum absolute atomic E-state index is 0.0494. The number of halogens is 3. The Bertz CT molecular complexity index is 111. The first kappa shape index (κ1) is 11.8. The summed E-state index contributed by atoms with van der Waals surface area (Å²) in [7, 11) is 0. The van der Waals surface area contributed by atoms with Crippen LogP contribution in [0.4, 0.5) is 13.2 Å². The molecule has 1 unspecified atom stereocenters. The highest BCUT2D eigenvalue weighted by molar-refractivity contribution is 4.66. The number of hydrogen-bond acceptors (Lipinski definition) is 1. The van der Waals surface area contributed by atoms with Crippen LogP contribution < -0.4 is 0 Å². The molecule has 1 nitrogen and oxygen atoms in total. The summed E-state index contributed by atoms with van der Waals surface area (Å²) >= 11 is 0. The van der Waals surface area contributed by atoms with E-state index in [1.54, 1.807) is 0 Å². The molecule has 0 radical (unpaired) electrons. The number of aliphatic hydroxyl groups excluding tert-OH is 1. The molecule has 1 N–H and O–H groups in total. The lowest BCUT2D eigenvalue weighted by Crippen LogP contribution is -2.26. The summed E-state index contributed by atoms with van der Waals surface area (Å²) in [6, 6.07) is 0. The molecule has 0 heterocycles. The largest absolute Gasteiger partial charge is 0.396 e. The lowest BCUT2D eigenvalue weighted by atomic mass is 10.0. The fourth-order valence-corrected chi connectivity index (χ4v) is 0.999. The summed E-state index contributed by atoms with van der Waals surface area (Å²) in [6.45, 7) is 1.15. The van der Waals surface area contributed by atoms with Gasteiger partial charge in [0.1, 0.15) is 0 Å². The predicted octanol–water partition coefficient (Wildman–Crippen LogP) is 2.74. The molecule has 4 heteroatoms. The topological polar surface area (TPSA) is 20.2 Å². The van der Waals surface area contributed by atoms with Crippen LogP contribution in [0.5, 0.6) is 0 Å². The maximum atomic E-state index is 12.0. The lowest BCUT2D eigenvalue weighted by Gasteiger charge is -2.17. The molecule has 0 amide bonds. The van der Waals surface area contributed by atoms with Crippen LogP contribution in [-0.4, -0.2) is 17.9 Å². The Balaban J connectivity index is 3.68. The smallest absolute Gasteiger partial charge is 0.394 e. The molecule has 12 heavy (non-hydrogen) atoms. The van der Waals surface area contributed by atoms with Gasteiger partial charge in [-0.15, -0.1) is 0 Å². The SMILES string of the molecule is CCCCCC(CO)C(F)(F)F. The summed E-state index contributed by atoms with van der Waals surface area (Å²) in [6.07, 6.45) is -1.94. The van der Waals surface area contributed by atoms with Crippen LogP contribution in [0.15, 0.2) is 0 Å². The van der Waals surface area contributed by atoms with Crippen molar-refractivity contribution in [1.82, 2.24) is 0 Å². The van der Waals surface area contributed by atoms with Gasteiger partial charge in [-0.2, -0.15) is 13.2 Å². The lowest BCUT2D eigenvalue weighted by molar-refractivity contribution is -0.185. The van der Waals surface area contributed by atoms with Gasteiger partial charge >= 0.3 is 6.18 Å². The Morgan fingerprint density at radius 3 is 2.17 bits per heavy atom. The van der Waals surface area contributed by atoms with Gasteiger partial charge in [-0.3, -0.25) is 0 Å². The molecule has 1 atom stereocenters. The van der Waals surface area contributed by atoms with Crippen LogP contribution in [0.3, 0.4) is 0 Å². The molecule has 74 valence electrons. The zero-order chi connectivity index (χ0) is 9.61. The highest BCUT2D eigenvalue weighted by Crippen LogP contribution is 2.29. The first-order valence-electron chi connectivity index (χ1n) is 4.20. The van der Waals surface area contributed by atoms with Crippen molar-refractivity contribution in [3.8, 4) is 0 Å². The van der Waals surface area contributed by atoms with Crippen LogP contribution in [-0.2, 0) is 0 Å². The Labute approximate surface area is 70.6 Å². The van der Waals surface area contributed by atoms with E-state index in [0.29, 0.717) is 6.42 Å². The molecular weight excluding hydrogens is 169 g/mol. The number of unbranched alkanes of at least 4 members (excludes halogenated alkanes) is 2. The average Bonchev–Trinajstić information content (AvgIpc) is 1.95. The highest BCUT2D eigenvalue weighted by atomic mass is 19.4. The van der Waals surface area contributed by atoms with Gasteiger partial charge in [0.05, 0.1) is 12.5 Å². The molecule has 0 saturated carbocycles. The number of rotatable bonds is 5. The Hall–Kier alpha value is -0.250. The van der Waals surface area contributed by atoms with Crippen molar-refractivity contribution in [2.24, 2.45) is 5.92 Å². The molecule has 0 spiro atoms. The maximum absolute atomic E-state index is 12.0. The van der Waals surface area contributed by atoms with Gasteiger partial charge in [-0.05, 0) is 6.42 Å². The van der Waals surface area contributed by atoms with Gasteiger partial charge in [0.25, 0.3) is 0 Å². The summed E-state index contributed by atoms with van der Waals surface area (Å²) in [5.41, 5.74) is 0. The highest BCUT2D eigenvalue weighted by Gasteiger charge is 2.38. The maximum Gasteiger partial charge on any atom is 0.394 e. The van der Waals surface area contributed by atoms with E-state index in [-0.39, 0.29) is 6.42 Å². The normalized spacial score (nSPS) is 14.8. The molecule has 0 aromatic carbocycles. The zero-order valence-corrected chi connectivity index (χ0v) is 7.19. The molecule has 0 rings (SSSR count). The first-order chi connectivity index (χ1) is 5.52.